The van der Waals surface area contributed by atoms with E-state index in [2.05, 4.69) is 4.98 Å². The molecule has 2 heterocycles. The van der Waals surface area contributed by atoms with Crippen LogP contribution in [0.15, 0.2) is 36.5 Å². The summed E-state index contributed by atoms with van der Waals surface area (Å²) in [5, 5.41) is 11.0. The quantitative estimate of drug-likeness (QED) is 0.744. The average molecular weight is 269 g/mol. The molecule has 0 spiro atoms. The minimum atomic E-state index is -1.08. The molecule has 5 nitrogen and oxygen atoms in total. The highest BCUT2D eigenvalue weighted by Gasteiger charge is 2.22. The fourth-order valence-electron chi connectivity index (χ4n) is 2.28. The minimum Gasteiger partial charge on any atom is -0.384 e. The molecule has 0 saturated heterocycles. The minimum absolute atomic E-state index is 0.346. The van der Waals surface area contributed by atoms with Crippen molar-refractivity contribution < 1.29 is 9.90 Å². The second-order valence-electron chi connectivity index (χ2n) is 5.36. The number of primary amides is 1. The number of benzene rings is 1. The molecular formula is C15H15N3O2. The van der Waals surface area contributed by atoms with Crippen molar-refractivity contribution in [1.82, 2.24) is 9.38 Å². The first-order chi connectivity index (χ1) is 9.38. The van der Waals surface area contributed by atoms with Crippen LogP contribution in [0.3, 0.4) is 0 Å². The van der Waals surface area contributed by atoms with Crippen molar-refractivity contribution in [3.63, 3.8) is 0 Å². The van der Waals surface area contributed by atoms with Gasteiger partial charge in [-0.25, -0.2) is 4.98 Å². The number of imidazole rings is 1. The normalized spacial score (nSPS) is 12.2. The van der Waals surface area contributed by atoms with Crippen molar-refractivity contribution in [2.45, 2.75) is 19.4 Å². The highest BCUT2D eigenvalue weighted by atomic mass is 16.3. The van der Waals surface area contributed by atoms with Crippen LogP contribution in [0.25, 0.3) is 16.6 Å². The number of pyridine rings is 1. The number of fused-ring (bicyclic) bond motifs is 3. The molecule has 0 bridgehead atoms. The summed E-state index contributed by atoms with van der Waals surface area (Å²) in [6.07, 6.45) is 1.74. The Balaban J connectivity index is 2.48. The maximum absolute atomic E-state index is 11.6. The summed E-state index contributed by atoms with van der Waals surface area (Å²) in [5.41, 5.74) is 6.57. The predicted molar refractivity (Wildman–Crippen MR) is 76.5 cm³/mol. The van der Waals surface area contributed by atoms with Gasteiger partial charge in [0, 0.05) is 6.20 Å². The largest absolute Gasteiger partial charge is 0.384 e. The Morgan fingerprint density at radius 1 is 1.35 bits per heavy atom. The molecule has 0 aliphatic carbocycles. The van der Waals surface area contributed by atoms with Crippen molar-refractivity contribution in [1.29, 1.82) is 0 Å². The molecule has 1 aromatic carbocycles. The zero-order valence-corrected chi connectivity index (χ0v) is 11.3. The number of carbonyl (C=O) groups excluding carboxylic acids is 1. The number of hydrogen-bond acceptors (Lipinski definition) is 3. The first-order valence-corrected chi connectivity index (χ1v) is 6.31. The number of rotatable bonds is 2. The molecule has 3 N–H and O–H groups in total. The maximum Gasteiger partial charge on any atom is 0.252 e. The number of aliphatic hydroxyl groups is 1. The van der Waals surface area contributed by atoms with Gasteiger partial charge in [-0.2, -0.15) is 0 Å². The molecule has 0 aliphatic rings. The third kappa shape index (κ3) is 1.83. The summed E-state index contributed by atoms with van der Waals surface area (Å²) in [6, 6.07) is 9.38. The van der Waals surface area contributed by atoms with Crippen LogP contribution in [0.5, 0.6) is 0 Å². The molecule has 20 heavy (non-hydrogen) atoms. The third-order valence-corrected chi connectivity index (χ3v) is 3.34. The molecule has 5 heteroatoms. The Morgan fingerprint density at radius 2 is 2.05 bits per heavy atom. The van der Waals surface area contributed by atoms with Gasteiger partial charge in [-0.15, -0.1) is 0 Å². The second-order valence-corrected chi connectivity index (χ2v) is 5.36. The molecule has 0 atom stereocenters. The number of amides is 1. The van der Waals surface area contributed by atoms with E-state index in [1.165, 1.54) is 0 Å². The number of para-hydroxylation sites is 1. The standard InChI is InChI=1S/C15H15N3O2/c1-15(2,20)12-8-18-11-6-4-3-5-9(11)7-10(13(16)19)14(18)17-12/h3-8,20H,1-2H3,(H2,16,19). The summed E-state index contributed by atoms with van der Waals surface area (Å²) in [4.78, 5) is 16.0. The van der Waals surface area contributed by atoms with Crippen LogP contribution in [-0.2, 0) is 5.60 Å². The van der Waals surface area contributed by atoms with Crippen molar-refractivity contribution in [2.24, 2.45) is 5.73 Å². The number of aromatic nitrogens is 2. The van der Waals surface area contributed by atoms with E-state index in [0.29, 0.717) is 16.9 Å². The van der Waals surface area contributed by atoms with Crippen LogP contribution < -0.4 is 5.73 Å². The van der Waals surface area contributed by atoms with E-state index >= 15 is 0 Å². The molecule has 2 aromatic heterocycles. The van der Waals surface area contributed by atoms with Gasteiger partial charge in [0.2, 0.25) is 0 Å². The molecule has 3 aromatic rings. The second kappa shape index (κ2) is 4.05. The lowest BCUT2D eigenvalue weighted by molar-refractivity contribution is 0.0744. The molecular weight excluding hydrogens is 254 g/mol. The van der Waals surface area contributed by atoms with Crippen LogP contribution in [0.4, 0.5) is 0 Å². The van der Waals surface area contributed by atoms with Crippen LogP contribution >= 0.6 is 0 Å². The lowest BCUT2D eigenvalue weighted by Crippen LogP contribution is -2.16. The smallest absolute Gasteiger partial charge is 0.252 e. The van der Waals surface area contributed by atoms with Crippen LogP contribution in [0, 0.1) is 0 Å². The molecule has 1 amide bonds. The summed E-state index contributed by atoms with van der Waals surface area (Å²) in [5.74, 6) is -0.534. The SMILES string of the molecule is CC(C)(O)c1cn2c(n1)c(C(N)=O)cc1ccccc12. The van der Waals surface area contributed by atoms with Crippen molar-refractivity contribution >= 4 is 22.5 Å². The van der Waals surface area contributed by atoms with Gasteiger partial charge in [0.25, 0.3) is 5.91 Å². The zero-order valence-electron chi connectivity index (χ0n) is 11.3. The predicted octanol–water partition coefficient (Wildman–Crippen LogP) is 1.81. The first-order valence-electron chi connectivity index (χ1n) is 6.31. The summed E-state index contributed by atoms with van der Waals surface area (Å²) < 4.78 is 1.79. The van der Waals surface area contributed by atoms with Gasteiger partial charge in [0.05, 0.1) is 16.8 Å². The Bertz CT molecular complexity index is 828. The highest BCUT2D eigenvalue weighted by molar-refractivity contribution is 6.02. The molecule has 0 fully saturated rings. The fraction of sp³-hybridized carbons (Fsp3) is 0.200. The topological polar surface area (TPSA) is 80.6 Å². The molecule has 102 valence electrons. The molecule has 0 unspecified atom stereocenters. The van der Waals surface area contributed by atoms with Gasteiger partial charge >= 0.3 is 0 Å². The van der Waals surface area contributed by atoms with Crippen LogP contribution in [0.2, 0.25) is 0 Å². The Morgan fingerprint density at radius 3 is 2.70 bits per heavy atom. The summed E-state index contributed by atoms with van der Waals surface area (Å²) in [6.45, 7) is 3.31. The summed E-state index contributed by atoms with van der Waals surface area (Å²) >= 11 is 0. The Hall–Kier alpha value is -2.40. The van der Waals surface area contributed by atoms with Crippen molar-refractivity contribution in [2.75, 3.05) is 0 Å². The fourth-order valence-corrected chi connectivity index (χ4v) is 2.28. The van der Waals surface area contributed by atoms with E-state index < -0.39 is 11.5 Å². The number of carbonyl (C=O) groups is 1. The molecule has 0 aliphatic heterocycles. The lowest BCUT2D eigenvalue weighted by atomic mass is 10.1. The number of hydrogen-bond donors (Lipinski definition) is 2. The average Bonchev–Trinajstić information content (AvgIpc) is 2.82. The van der Waals surface area contributed by atoms with Gasteiger partial charge in [0.1, 0.15) is 5.60 Å². The first kappa shape index (κ1) is 12.6. The summed E-state index contributed by atoms with van der Waals surface area (Å²) in [7, 11) is 0. The van der Waals surface area contributed by atoms with E-state index in [1.807, 2.05) is 24.3 Å². The molecule has 3 rings (SSSR count). The van der Waals surface area contributed by atoms with E-state index in [9.17, 15) is 9.90 Å². The molecule has 0 saturated carbocycles. The van der Waals surface area contributed by atoms with E-state index in [-0.39, 0.29) is 0 Å². The monoisotopic (exact) mass is 269 g/mol. The van der Waals surface area contributed by atoms with Crippen LogP contribution in [-0.4, -0.2) is 20.4 Å². The van der Waals surface area contributed by atoms with Crippen molar-refractivity contribution in [3.05, 3.63) is 47.8 Å². The van der Waals surface area contributed by atoms with E-state index in [0.717, 1.165) is 10.9 Å². The number of nitrogens with two attached hydrogens (primary N) is 1. The van der Waals surface area contributed by atoms with Gasteiger partial charge in [-0.3, -0.25) is 9.20 Å². The number of nitrogens with zero attached hydrogens (tertiary/aromatic N) is 2. The highest BCUT2D eigenvalue weighted by Crippen LogP contribution is 2.25. The maximum atomic E-state index is 11.6. The van der Waals surface area contributed by atoms with E-state index in [4.69, 9.17) is 5.73 Å². The van der Waals surface area contributed by atoms with Gasteiger partial charge in [-0.05, 0) is 31.4 Å². The Kier molecular flexibility index (Phi) is 2.55. The lowest BCUT2D eigenvalue weighted by Gasteiger charge is -2.12. The van der Waals surface area contributed by atoms with Gasteiger partial charge in [-0.1, -0.05) is 18.2 Å². The third-order valence-electron chi connectivity index (χ3n) is 3.34. The van der Waals surface area contributed by atoms with Crippen LogP contribution in [0.1, 0.15) is 29.9 Å². The van der Waals surface area contributed by atoms with Gasteiger partial charge in [0.15, 0.2) is 5.65 Å². The Labute approximate surface area is 115 Å². The van der Waals surface area contributed by atoms with Gasteiger partial charge < -0.3 is 10.8 Å². The van der Waals surface area contributed by atoms with Crippen molar-refractivity contribution in [3.8, 4) is 0 Å². The van der Waals surface area contributed by atoms with E-state index in [1.54, 1.807) is 30.5 Å². The molecule has 0 radical (unpaired) electrons. The zero-order chi connectivity index (χ0) is 14.5.